The second kappa shape index (κ2) is 7.04. The van der Waals surface area contributed by atoms with Gasteiger partial charge in [-0.2, -0.15) is 0 Å². The van der Waals surface area contributed by atoms with Gasteiger partial charge in [-0.1, -0.05) is 17.3 Å². The topological polar surface area (TPSA) is 64.4 Å². The first-order chi connectivity index (χ1) is 10.1. The SMILES string of the molecule is COCc1cccc(NC(=O)CCc2c(C)noc2C)c1. The van der Waals surface area contributed by atoms with E-state index in [1.165, 1.54) is 0 Å². The highest BCUT2D eigenvalue weighted by atomic mass is 16.5. The van der Waals surface area contributed by atoms with E-state index in [-0.39, 0.29) is 5.91 Å². The van der Waals surface area contributed by atoms with Gasteiger partial charge < -0.3 is 14.6 Å². The fourth-order valence-corrected chi connectivity index (χ4v) is 2.23. The minimum Gasteiger partial charge on any atom is -0.380 e. The lowest BCUT2D eigenvalue weighted by Gasteiger charge is -2.07. The Labute approximate surface area is 124 Å². The maximum atomic E-state index is 12.0. The molecule has 0 atom stereocenters. The van der Waals surface area contributed by atoms with Crippen LogP contribution in [-0.2, 0) is 22.6 Å². The van der Waals surface area contributed by atoms with Crippen molar-refractivity contribution in [3.63, 3.8) is 0 Å². The molecule has 0 unspecified atom stereocenters. The van der Waals surface area contributed by atoms with E-state index < -0.39 is 0 Å². The van der Waals surface area contributed by atoms with Gasteiger partial charge in [0.05, 0.1) is 12.3 Å². The summed E-state index contributed by atoms with van der Waals surface area (Å²) in [6, 6.07) is 7.64. The maximum absolute atomic E-state index is 12.0. The zero-order valence-corrected chi connectivity index (χ0v) is 12.6. The van der Waals surface area contributed by atoms with E-state index >= 15 is 0 Å². The average molecular weight is 288 g/mol. The fraction of sp³-hybridized carbons (Fsp3) is 0.375. The predicted octanol–water partition coefficient (Wildman–Crippen LogP) is 3.01. The molecule has 2 rings (SSSR count). The summed E-state index contributed by atoms with van der Waals surface area (Å²) in [5.74, 6) is 0.756. The second-order valence-corrected chi connectivity index (χ2v) is 4.98. The molecule has 0 saturated heterocycles. The lowest BCUT2D eigenvalue weighted by atomic mass is 10.1. The molecule has 0 spiro atoms. The number of methoxy groups -OCH3 is 1. The number of anilines is 1. The first kappa shape index (κ1) is 15.3. The molecule has 0 aliphatic rings. The Hall–Kier alpha value is -2.14. The van der Waals surface area contributed by atoms with Gasteiger partial charge in [-0.25, -0.2) is 0 Å². The number of aryl methyl sites for hydroxylation is 2. The number of hydrogen-bond donors (Lipinski definition) is 1. The van der Waals surface area contributed by atoms with Crippen LogP contribution in [0.5, 0.6) is 0 Å². The highest BCUT2D eigenvalue weighted by molar-refractivity contribution is 5.90. The van der Waals surface area contributed by atoms with Gasteiger partial charge in [-0.05, 0) is 38.0 Å². The third-order valence-electron chi connectivity index (χ3n) is 3.31. The number of rotatable bonds is 6. The summed E-state index contributed by atoms with van der Waals surface area (Å²) in [5, 5.41) is 6.79. The Bertz CT molecular complexity index is 600. The molecule has 0 bridgehead atoms. The number of amides is 1. The van der Waals surface area contributed by atoms with Crippen LogP contribution in [0.3, 0.4) is 0 Å². The Morgan fingerprint density at radius 1 is 1.38 bits per heavy atom. The summed E-state index contributed by atoms with van der Waals surface area (Å²) in [5.41, 5.74) is 3.68. The summed E-state index contributed by atoms with van der Waals surface area (Å²) >= 11 is 0. The van der Waals surface area contributed by atoms with Crippen molar-refractivity contribution >= 4 is 11.6 Å². The van der Waals surface area contributed by atoms with Crippen LogP contribution in [0.1, 0.15) is 29.0 Å². The van der Waals surface area contributed by atoms with Gasteiger partial charge in [0.25, 0.3) is 0 Å². The molecule has 1 N–H and O–H groups in total. The zero-order valence-electron chi connectivity index (χ0n) is 12.6. The van der Waals surface area contributed by atoms with E-state index in [0.29, 0.717) is 19.4 Å². The third kappa shape index (κ3) is 4.16. The van der Waals surface area contributed by atoms with Crippen LogP contribution in [-0.4, -0.2) is 18.2 Å². The Morgan fingerprint density at radius 2 is 2.19 bits per heavy atom. The number of carbonyl (C=O) groups excluding carboxylic acids is 1. The van der Waals surface area contributed by atoms with Crippen LogP contribution in [0.4, 0.5) is 5.69 Å². The molecule has 0 saturated carbocycles. The number of ether oxygens (including phenoxy) is 1. The van der Waals surface area contributed by atoms with E-state index in [4.69, 9.17) is 9.26 Å². The Kier molecular flexibility index (Phi) is 5.11. The molecular formula is C16H20N2O3. The lowest BCUT2D eigenvalue weighted by molar-refractivity contribution is -0.116. The molecule has 1 amide bonds. The van der Waals surface area contributed by atoms with Crippen LogP contribution in [0.15, 0.2) is 28.8 Å². The van der Waals surface area contributed by atoms with Crippen LogP contribution < -0.4 is 5.32 Å². The van der Waals surface area contributed by atoms with Crippen LogP contribution in [0.2, 0.25) is 0 Å². The van der Waals surface area contributed by atoms with Gasteiger partial charge in [0, 0.05) is 24.8 Å². The molecule has 2 aromatic rings. The number of aromatic nitrogens is 1. The smallest absolute Gasteiger partial charge is 0.224 e. The van der Waals surface area contributed by atoms with Gasteiger partial charge in [-0.3, -0.25) is 4.79 Å². The molecule has 112 valence electrons. The Morgan fingerprint density at radius 3 is 2.86 bits per heavy atom. The molecule has 0 radical (unpaired) electrons. The average Bonchev–Trinajstić information content (AvgIpc) is 2.77. The monoisotopic (exact) mass is 288 g/mol. The van der Waals surface area contributed by atoms with Crippen molar-refractivity contribution in [3.05, 3.63) is 46.8 Å². The van der Waals surface area contributed by atoms with E-state index in [0.717, 1.165) is 28.3 Å². The van der Waals surface area contributed by atoms with Gasteiger partial charge in [0.1, 0.15) is 5.76 Å². The quantitative estimate of drug-likeness (QED) is 0.887. The van der Waals surface area contributed by atoms with Crippen LogP contribution in [0, 0.1) is 13.8 Å². The zero-order chi connectivity index (χ0) is 15.2. The molecule has 5 nitrogen and oxygen atoms in total. The highest BCUT2D eigenvalue weighted by Crippen LogP contribution is 2.16. The van der Waals surface area contributed by atoms with Crippen molar-refractivity contribution in [1.29, 1.82) is 0 Å². The molecular weight excluding hydrogens is 268 g/mol. The van der Waals surface area contributed by atoms with Crippen molar-refractivity contribution in [1.82, 2.24) is 5.16 Å². The van der Waals surface area contributed by atoms with Crippen LogP contribution >= 0.6 is 0 Å². The van der Waals surface area contributed by atoms with E-state index in [1.54, 1.807) is 7.11 Å². The first-order valence-corrected chi connectivity index (χ1v) is 6.89. The maximum Gasteiger partial charge on any atom is 0.224 e. The number of nitrogens with one attached hydrogen (secondary N) is 1. The molecule has 21 heavy (non-hydrogen) atoms. The van der Waals surface area contributed by atoms with Crippen molar-refractivity contribution in [2.45, 2.75) is 33.3 Å². The minimum atomic E-state index is -0.0235. The molecule has 1 aromatic carbocycles. The van der Waals surface area contributed by atoms with E-state index in [9.17, 15) is 4.79 Å². The highest BCUT2D eigenvalue weighted by Gasteiger charge is 2.11. The number of benzene rings is 1. The van der Waals surface area contributed by atoms with Crippen molar-refractivity contribution in [2.75, 3.05) is 12.4 Å². The van der Waals surface area contributed by atoms with Crippen molar-refractivity contribution < 1.29 is 14.1 Å². The molecule has 1 aromatic heterocycles. The summed E-state index contributed by atoms with van der Waals surface area (Å²) in [4.78, 5) is 12.0. The first-order valence-electron chi connectivity index (χ1n) is 6.89. The summed E-state index contributed by atoms with van der Waals surface area (Å²) in [6.07, 6.45) is 1.03. The van der Waals surface area contributed by atoms with E-state index in [2.05, 4.69) is 10.5 Å². The van der Waals surface area contributed by atoms with E-state index in [1.807, 2.05) is 38.1 Å². The predicted molar refractivity (Wildman–Crippen MR) is 80.1 cm³/mol. The molecule has 0 aliphatic heterocycles. The van der Waals surface area contributed by atoms with Gasteiger partial charge in [0.15, 0.2) is 0 Å². The third-order valence-corrected chi connectivity index (χ3v) is 3.31. The normalized spacial score (nSPS) is 10.6. The summed E-state index contributed by atoms with van der Waals surface area (Å²) in [6.45, 7) is 4.28. The fourth-order valence-electron chi connectivity index (χ4n) is 2.23. The van der Waals surface area contributed by atoms with Crippen molar-refractivity contribution in [2.24, 2.45) is 0 Å². The molecule has 5 heteroatoms. The van der Waals surface area contributed by atoms with Crippen molar-refractivity contribution in [3.8, 4) is 0 Å². The molecule has 0 aliphatic carbocycles. The van der Waals surface area contributed by atoms with Gasteiger partial charge >= 0.3 is 0 Å². The molecule has 1 heterocycles. The standard InChI is InChI=1S/C16H20N2O3/c1-11-15(12(2)21-18-11)7-8-16(19)17-14-6-4-5-13(9-14)10-20-3/h4-6,9H,7-8,10H2,1-3H3,(H,17,19). The summed E-state index contributed by atoms with van der Waals surface area (Å²) < 4.78 is 10.2. The van der Waals surface area contributed by atoms with Gasteiger partial charge in [-0.15, -0.1) is 0 Å². The molecule has 0 fully saturated rings. The van der Waals surface area contributed by atoms with Crippen LogP contribution in [0.25, 0.3) is 0 Å². The van der Waals surface area contributed by atoms with Gasteiger partial charge in [0.2, 0.25) is 5.91 Å². The number of carbonyl (C=O) groups is 1. The largest absolute Gasteiger partial charge is 0.380 e. The number of nitrogens with zero attached hydrogens (tertiary/aromatic N) is 1. The Balaban J connectivity index is 1.91. The lowest BCUT2D eigenvalue weighted by Crippen LogP contribution is -2.12. The second-order valence-electron chi connectivity index (χ2n) is 4.98. The minimum absolute atomic E-state index is 0.0235. The number of hydrogen-bond acceptors (Lipinski definition) is 4. The summed E-state index contributed by atoms with van der Waals surface area (Å²) in [7, 11) is 1.65.